The topological polar surface area (TPSA) is 115 Å². The quantitative estimate of drug-likeness (QED) is 0.240. The van der Waals surface area contributed by atoms with Crippen molar-refractivity contribution in [2.24, 2.45) is 5.10 Å². The average molecular weight is 520 g/mol. The second-order valence-electron chi connectivity index (χ2n) is 7.62. The first-order valence-electron chi connectivity index (χ1n) is 11.1. The number of anilines is 1. The van der Waals surface area contributed by atoms with E-state index in [4.69, 9.17) is 9.47 Å². The van der Waals surface area contributed by atoms with Gasteiger partial charge in [-0.25, -0.2) is 9.82 Å². The molecule has 37 heavy (non-hydrogen) atoms. The fourth-order valence-electron chi connectivity index (χ4n) is 3.12. The maximum atomic E-state index is 13.1. The number of hydrazone groups is 1. The summed E-state index contributed by atoms with van der Waals surface area (Å²) < 4.78 is 24.2. The van der Waals surface area contributed by atoms with Gasteiger partial charge in [-0.2, -0.15) is 5.10 Å². The summed E-state index contributed by atoms with van der Waals surface area (Å²) in [6, 6.07) is 19.9. The first-order valence-corrected chi connectivity index (χ1v) is 11.9. The summed E-state index contributed by atoms with van der Waals surface area (Å²) in [5, 5.41) is 15.2. The van der Waals surface area contributed by atoms with Crippen LogP contribution in [0.3, 0.4) is 0 Å². The Hall–Kier alpha value is -4.64. The molecule has 0 unspecified atom stereocenters. The number of methoxy groups -OCH3 is 1. The third kappa shape index (κ3) is 7.42. The number of benzene rings is 3. The van der Waals surface area contributed by atoms with Gasteiger partial charge in [0, 0.05) is 5.56 Å². The highest BCUT2D eigenvalue weighted by molar-refractivity contribution is 7.15. The Morgan fingerprint density at radius 1 is 1.03 bits per heavy atom. The van der Waals surface area contributed by atoms with Gasteiger partial charge in [-0.05, 0) is 53.6 Å². The molecule has 4 rings (SSSR count). The number of carbonyl (C=O) groups is 2. The lowest BCUT2D eigenvalue weighted by molar-refractivity contribution is -0.120. The SMILES string of the molecule is COc1cc(C=NNC(=O)Cc2nnc(NC(=O)c3ccccc3)s2)ccc1OCc1ccc(F)cc1. The molecule has 1 aromatic heterocycles. The van der Waals surface area contributed by atoms with Crippen LogP contribution in [0.5, 0.6) is 11.5 Å². The Kier molecular flexibility index (Phi) is 8.50. The number of hydrogen-bond acceptors (Lipinski definition) is 8. The zero-order chi connectivity index (χ0) is 26.0. The zero-order valence-electron chi connectivity index (χ0n) is 19.7. The monoisotopic (exact) mass is 519 g/mol. The highest BCUT2D eigenvalue weighted by Gasteiger charge is 2.12. The second-order valence-corrected chi connectivity index (χ2v) is 8.68. The lowest BCUT2D eigenvalue weighted by atomic mass is 10.2. The van der Waals surface area contributed by atoms with Gasteiger partial charge in [0.15, 0.2) is 11.5 Å². The van der Waals surface area contributed by atoms with E-state index in [1.54, 1.807) is 54.6 Å². The fraction of sp³-hybridized carbons (Fsp3) is 0.115. The number of amides is 2. The third-order valence-corrected chi connectivity index (χ3v) is 5.77. The van der Waals surface area contributed by atoms with E-state index in [1.165, 1.54) is 25.5 Å². The lowest BCUT2D eigenvalue weighted by Crippen LogP contribution is -2.19. The Morgan fingerprint density at radius 3 is 2.57 bits per heavy atom. The average Bonchev–Trinajstić information content (AvgIpc) is 3.35. The fourth-order valence-corrected chi connectivity index (χ4v) is 3.85. The van der Waals surface area contributed by atoms with E-state index in [0.717, 1.165) is 16.9 Å². The standard InChI is InChI=1S/C26H22FN5O4S/c1-35-22-13-18(9-12-21(22)36-16-17-7-10-20(27)11-8-17)15-28-30-23(33)14-24-31-32-26(37-24)29-25(34)19-5-3-2-4-6-19/h2-13,15H,14,16H2,1H3,(H,30,33)(H,29,32,34). The number of rotatable bonds is 10. The van der Waals surface area contributed by atoms with Crippen LogP contribution in [-0.4, -0.2) is 35.3 Å². The molecule has 0 aliphatic heterocycles. The van der Waals surface area contributed by atoms with E-state index < -0.39 is 0 Å². The molecule has 188 valence electrons. The number of halogens is 1. The van der Waals surface area contributed by atoms with Crippen molar-refractivity contribution in [1.82, 2.24) is 15.6 Å². The Balaban J connectivity index is 1.27. The number of nitrogens with zero attached hydrogens (tertiary/aromatic N) is 3. The van der Waals surface area contributed by atoms with Crippen LogP contribution in [0, 0.1) is 5.82 Å². The summed E-state index contributed by atoms with van der Waals surface area (Å²) in [6.45, 7) is 0.253. The van der Waals surface area contributed by atoms with E-state index in [2.05, 4.69) is 26.0 Å². The number of hydrogen-bond donors (Lipinski definition) is 2. The Labute approximate surface area is 216 Å². The zero-order valence-corrected chi connectivity index (χ0v) is 20.5. The first kappa shape index (κ1) is 25.5. The molecule has 0 atom stereocenters. The van der Waals surface area contributed by atoms with Crippen LogP contribution in [0.2, 0.25) is 0 Å². The third-order valence-electron chi connectivity index (χ3n) is 4.93. The molecule has 1 heterocycles. The summed E-state index contributed by atoms with van der Waals surface area (Å²) in [7, 11) is 1.52. The van der Waals surface area contributed by atoms with Crippen molar-refractivity contribution < 1.29 is 23.5 Å². The van der Waals surface area contributed by atoms with Crippen LogP contribution in [0.4, 0.5) is 9.52 Å². The summed E-state index contributed by atoms with van der Waals surface area (Å²) >= 11 is 1.11. The van der Waals surface area contributed by atoms with Crippen molar-refractivity contribution in [3.05, 3.63) is 100 Å². The Bertz CT molecular complexity index is 1390. The number of nitrogens with one attached hydrogen (secondary N) is 2. The molecule has 3 aromatic carbocycles. The van der Waals surface area contributed by atoms with Crippen molar-refractivity contribution >= 4 is 34.5 Å². The molecule has 0 fully saturated rings. The van der Waals surface area contributed by atoms with E-state index in [-0.39, 0.29) is 30.7 Å². The summed E-state index contributed by atoms with van der Waals surface area (Å²) in [4.78, 5) is 24.4. The second kappa shape index (κ2) is 12.4. The summed E-state index contributed by atoms with van der Waals surface area (Å²) in [5.74, 6) is -0.00700. The molecule has 9 nitrogen and oxygen atoms in total. The molecule has 0 radical (unpaired) electrons. The number of carbonyl (C=O) groups excluding carboxylic acids is 2. The molecular weight excluding hydrogens is 497 g/mol. The predicted octanol–water partition coefficient (Wildman–Crippen LogP) is 4.21. The van der Waals surface area contributed by atoms with Gasteiger partial charge in [-0.15, -0.1) is 10.2 Å². The molecule has 0 saturated heterocycles. The molecule has 4 aromatic rings. The maximum absolute atomic E-state index is 13.1. The molecule has 11 heteroatoms. The van der Waals surface area contributed by atoms with Gasteiger partial charge >= 0.3 is 0 Å². The van der Waals surface area contributed by atoms with Crippen molar-refractivity contribution in [1.29, 1.82) is 0 Å². The normalized spacial score (nSPS) is 10.8. The summed E-state index contributed by atoms with van der Waals surface area (Å²) in [5.41, 5.74) is 4.43. The minimum Gasteiger partial charge on any atom is -0.493 e. The molecule has 0 aliphatic rings. The van der Waals surface area contributed by atoms with E-state index in [0.29, 0.717) is 32.8 Å². The van der Waals surface area contributed by atoms with Crippen LogP contribution < -0.4 is 20.2 Å². The van der Waals surface area contributed by atoms with E-state index in [9.17, 15) is 14.0 Å². The van der Waals surface area contributed by atoms with Gasteiger partial charge in [-0.3, -0.25) is 14.9 Å². The molecule has 0 bridgehead atoms. The summed E-state index contributed by atoms with van der Waals surface area (Å²) in [6.07, 6.45) is 1.42. The van der Waals surface area contributed by atoms with Crippen LogP contribution in [0.15, 0.2) is 77.9 Å². The van der Waals surface area contributed by atoms with Crippen LogP contribution >= 0.6 is 11.3 Å². The molecule has 0 spiro atoms. The van der Waals surface area contributed by atoms with Gasteiger partial charge in [0.1, 0.15) is 17.4 Å². The van der Waals surface area contributed by atoms with Gasteiger partial charge in [-0.1, -0.05) is 41.7 Å². The van der Waals surface area contributed by atoms with Crippen LogP contribution in [0.25, 0.3) is 0 Å². The molecule has 0 aliphatic carbocycles. The van der Waals surface area contributed by atoms with Gasteiger partial charge in [0.2, 0.25) is 11.0 Å². The molecular formula is C26H22FN5O4S. The predicted molar refractivity (Wildman–Crippen MR) is 137 cm³/mol. The minimum atomic E-state index is -0.389. The number of ether oxygens (including phenoxy) is 2. The van der Waals surface area contributed by atoms with Crippen molar-refractivity contribution in [2.45, 2.75) is 13.0 Å². The van der Waals surface area contributed by atoms with Crippen LogP contribution in [-0.2, 0) is 17.8 Å². The van der Waals surface area contributed by atoms with Gasteiger partial charge in [0.25, 0.3) is 5.91 Å². The van der Waals surface area contributed by atoms with Crippen molar-refractivity contribution in [2.75, 3.05) is 12.4 Å². The lowest BCUT2D eigenvalue weighted by Gasteiger charge is -2.11. The number of aromatic nitrogens is 2. The first-order chi connectivity index (χ1) is 18.0. The Morgan fingerprint density at radius 2 is 1.81 bits per heavy atom. The van der Waals surface area contributed by atoms with Gasteiger partial charge < -0.3 is 9.47 Å². The van der Waals surface area contributed by atoms with Crippen molar-refractivity contribution in [3.8, 4) is 11.5 Å². The van der Waals surface area contributed by atoms with Crippen LogP contribution in [0.1, 0.15) is 26.5 Å². The van der Waals surface area contributed by atoms with Gasteiger partial charge in [0.05, 0.1) is 19.7 Å². The highest BCUT2D eigenvalue weighted by atomic mass is 32.1. The minimum absolute atomic E-state index is 0.0459. The molecule has 2 amide bonds. The van der Waals surface area contributed by atoms with Crippen molar-refractivity contribution in [3.63, 3.8) is 0 Å². The highest BCUT2D eigenvalue weighted by Crippen LogP contribution is 2.28. The smallest absolute Gasteiger partial charge is 0.257 e. The molecule has 2 N–H and O–H groups in total. The van der Waals surface area contributed by atoms with E-state index in [1.807, 2.05) is 6.07 Å². The largest absolute Gasteiger partial charge is 0.493 e. The maximum Gasteiger partial charge on any atom is 0.257 e. The van der Waals surface area contributed by atoms with E-state index >= 15 is 0 Å². The molecule has 0 saturated carbocycles.